The van der Waals surface area contributed by atoms with Crippen molar-refractivity contribution in [1.29, 1.82) is 0 Å². The van der Waals surface area contributed by atoms with E-state index in [-0.39, 0.29) is 0 Å². The van der Waals surface area contributed by atoms with Gasteiger partial charge in [-0.15, -0.1) is 0 Å². The van der Waals surface area contributed by atoms with Crippen molar-refractivity contribution in [2.75, 3.05) is 33.4 Å². The molecule has 3 heteroatoms. The standard InChI is InChI=1S/C16H34N2O/c1-5-15(6-2)18(11-12-19-4)13-14-9-8-10-16(14)17-7-3/h14-17H,5-13H2,1-4H3. The van der Waals surface area contributed by atoms with E-state index in [1.54, 1.807) is 0 Å². The quantitative estimate of drug-likeness (QED) is 0.660. The molecule has 2 unspecified atom stereocenters. The monoisotopic (exact) mass is 270 g/mol. The van der Waals surface area contributed by atoms with Gasteiger partial charge in [0.05, 0.1) is 6.61 Å². The number of rotatable bonds is 10. The van der Waals surface area contributed by atoms with Crippen molar-refractivity contribution in [2.45, 2.75) is 65.0 Å². The molecule has 2 atom stereocenters. The topological polar surface area (TPSA) is 24.5 Å². The Bertz CT molecular complexity index is 219. The molecule has 0 heterocycles. The summed E-state index contributed by atoms with van der Waals surface area (Å²) in [6.07, 6.45) is 6.64. The summed E-state index contributed by atoms with van der Waals surface area (Å²) in [6.45, 7) is 11.1. The van der Waals surface area contributed by atoms with Crippen molar-refractivity contribution in [2.24, 2.45) is 5.92 Å². The molecule has 0 bridgehead atoms. The molecule has 0 aromatic rings. The average Bonchev–Trinajstić information content (AvgIpc) is 2.85. The minimum absolute atomic E-state index is 0.720. The van der Waals surface area contributed by atoms with Crippen molar-refractivity contribution in [3.05, 3.63) is 0 Å². The second-order valence-electron chi connectivity index (χ2n) is 5.81. The molecule has 1 saturated carbocycles. The van der Waals surface area contributed by atoms with E-state index in [0.29, 0.717) is 0 Å². The minimum Gasteiger partial charge on any atom is -0.383 e. The molecule has 1 rings (SSSR count). The van der Waals surface area contributed by atoms with Gasteiger partial charge in [-0.05, 0) is 38.1 Å². The molecule has 1 aliphatic rings. The Labute approximate surface area is 120 Å². The minimum atomic E-state index is 0.720. The highest BCUT2D eigenvalue weighted by atomic mass is 16.5. The maximum atomic E-state index is 5.29. The first-order valence-electron chi connectivity index (χ1n) is 8.23. The molecule has 0 spiro atoms. The molecule has 0 aromatic carbocycles. The van der Waals surface area contributed by atoms with E-state index in [2.05, 4.69) is 31.0 Å². The van der Waals surface area contributed by atoms with Crippen molar-refractivity contribution in [3.63, 3.8) is 0 Å². The van der Waals surface area contributed by atoms with Gasteiger partial charge in [-0.2, -0.15) is 0 Å². The van der Waals surface area contributed by atoms with E-state index in [1.807, 2.05) is 7.11 Å². The normalized spacial score (nSPS) is 23.7. The van der Waals surface area contributed by atoms with Gasteiger partial charge < -0.3 is 10.1 Å². The molecule has 1 fully saturated rings. The lowest BCUT2D eigenvalue weighted by molar-refractivity contribution is 0.0976. The lowest BCUT2D eigenvalue weighted by atomic mass is 10.0. The van der Waals surface area contributed by atoms with Gasteiger partial charge in [0, 0.05) is 32.3 Å². The van der Waals surface area contributed by atoms with Crippen molar-refractivity contribution < 1.29 is 4.74 Å². The lowest BCUT2D eigenvalue weighted by Gasteiger charge is -2.34. The molecule has 0 radical (unpaired) electrons. The molecular weight excluding hydrogens is 236 g/mol. The SMILES string of the molecule is CCNC1CCCC1CN(CCOC)C(CC)CC. The molecule has 1 N–H and O–H groups in total. The Kier molecular flexibility index (Phi) is 8.67. The van der Waals surface area contributed by atoms with Crippen LogP contribution >= 0.6 is 0 Å². The summed E-state index contributed by atoms with van der Waals surface area (Å²) in [5.41, 5.74) is 0. The average molecular weight is 270 g/mol. The number of methoxy groups -OCH3 is 1. The summed E-state index contributed by atoms with van der Waals surface area (Å²) >= 11 is 0. The first-order valence-corrected chi connectivity index (χ1v) is 8.23. The Morgan fingerprint density at radius 2 is 1.95 bits per heavy atom. The Morgan fingerprint density at radius 1 is 1.21 bits per heavy atom. The van der Waals surface area contributed by atoms with Crippen LogP contribution in [0.2, 0.25) is 0 Å². The van der Waals surface area contributed by atoms with Crippen LogP contribution in [-0.4, -0.2) is 50.3 Å². The van der Waals surface area contributed by atoms with E-state index in [1.165, 1.54) is 38.6 Å². The van der Waals surface area contributed by atoms with Crippen LogP contribution < -0.4 is 5.32 Å². The molecular formula is C16H34N2O. The van der Waals surface area contributed by atoms with Crippen LogP contribution in [0.3, 0.4) is 0 Å². The Hall–Kier alpha value is -0.120. The number of hydrogen-bond acceptors (Lipinski definition) is 3. The van der Waals surface area contributed by atoms with Crippen LogP contribution in [0.5, 0.6) is 0 Å². The van der Waals surface area contributed by atoms with Crippen LogP contribution in [0.15, 0.2) is 0 Å². The van der Waals surface area contributed by atoms with E-state index in [9.17, 15) is 0 Å². The fourth-order valence-electron chi connectivity index (χ4n) is 3.52. The molecule has 0 aromatic heterocycles. The third-order valence-electron chi connectivity index (χ3n) is 4.64. The fraction of sp³-hybridized carbons (Fsp3) is 1.00. The highest BCUT2D eigenvalue weighted by molar-refractivity contribution is 4.86. The fourth-order valence-corrected chi connectivity index (χ4v) is 3.52. The molecule has 0 aliphatic heterocycles. The van der Waals surface area contributed by atoms with E-state index in [0.717, 1.165) is 37.7 Å². The van der Waals surface area contributed by atoms with Gasteiger partial charge in [0.2, 0.25) is 0 Å². The Balaban J connectivity index is 2.54. The first-order chi connectivity index (χ1) is 9.26. The molecule has 1 aliphatic carbocycles. The van der Waals surface area contributed by atoms with Crippen LogP contribution in [0, 0.1) is 5.92 Å². The van der Waals surface area contributed by atoms with Gasteiger partial charge in [0.25, 0.3) is 0 Å². The van der Waals surface area contributed by atoms with Crippen LogP contribution in [0.4, 0.5) is 0 Å². The number of nitrogens with zero attached hydrogens (tertiary/aromatic N) is 1. The zero-order valence-corrected chi connectivity index (χ0v) is 13.5. The summed E-state index contributed by atoms with van der Waals surface area (Å²) in [5.74, 6) is 0.831. The number of hydrogen-bond donors (Lipinski definition) is 1. The van der Waals surface area contributed by atoms with Gasteiger partial charge in [-0.1, -0.05) is 27.2 Å². The summed E-state index contributed by atoms with van der Waals surface area (Å²) in [7, 11) is 1.81. The lowest BCUT2D eigenvalue weighted by Crippen LogP contribution is -2.44. The Morgan fingerprint density at radius 3 is 2.53 bits per heavy atom. The first kappa shape index (κ1) is 16.9. The maximum absolute atomic E-state index is 5.29. The zero-order chi connectivity index (χ0) is 14.1. The summed E-state index contributed by atoms with van der Waals surface area (Å²) < 4.78 is 5.29. The van der Waals surface area contributed by atoms with E-state index in [4.69, 9.17) is 4.74 Å². The largest absolute Gasteiger partial charge is 0.383 e. The molecule has 19 heavy (non-hydrogen) atoms. The van der Waals surface area contributed by atoms with Gasteiger partial charge in [0.1, 0.15) is 0 Å². The maximum Gasteiger partial charge on any atom is 0.0589 e. The van der Waals surface area contributed by atoms with E-state index < -0.39 is 0 Å². The number of ether oxygens (including phenoxy) is 1. The second kappa shape index (κ2) is 9.73. The molecule has 0 amide bonds. The predicted molar refractivity (Wildman–Crippen MR) is 82.6 cm³/mol. The third kappa shape index (κ3) is 5.41. The van der Waals surface area contributed by atoms with E-state index >= 15 is 0 Å². The highest BCUT2D eigenvalue weighted by Crippen LogP contribution is 2.27. The predicted octanol–water partition coefficient (Wildman–Crippen LogP) is 2.90. The van der Waals surface area contributed by atoms with Gasteiger partial charge in [0.15, 0.2) is 0 Å². The highest BCUT2D eigenvalue weighted by Gasteiger charge is 2.29. The molecule has 0 saturated heterocycles. The zero-order valence-electron chi connectivity index (χ0n) is 13.5. The number of nitrogens with one attached hydrogen (secondary N) is 1. The van der Waals surface area contributed by atoms with Gasteiger partial charge in [-0.25, -0.2) is 0 Å². The van der Waals surface area contributed by atoms with Gasteiger partial charge >= 0.3 is 0 Å². The molecule has 114 valence electrons. The van der Waals surface area contributed by atoms with Crippen molar-refractivity contribution in [3.8, 4) is 0 Å². The van der Waals surface area contributed by atoms with Gasteiger partial charge in [-0.3, -0.25) is 4.90 Å². The van der Waals surface area contributed by atoms with Crippen molar-refractivity contribution in [1.82, 2.24) is 10.2 Å². The van der Waals surface area contributed by atoms with Crippen molar-refractivity contribution >= 4 is 0 Å². The summed E-state index contributed by atoms with van der Waals surface area (Å²) in [4.78, 5) is 2.67. The third-order valence-corrected chi connectivity index (χ3v) is 4.64. The van der Waals surface area contributed by atoms with Crippen LogP contribution in [0.25, 0.3) is 0 Å². The smallest absolute Gasteiger partial charge is 0.0589 e. The summed E-state index contributed by atoms with van der Waals surface area (Å²) in [5, 5.41) is 3.67. The van der Waals surface area contributed by atoms with Crippen LogP contribution in [-0.2, 0) is 4.74 Å². The summed E-state index contributed by atoms with van der Waals surface area (Å²) in [6, 6.07) is 1.46. The van der Waals surface area contributed by atoms with Crippen LogP contribution in [0.1, 0.15) is 52.9 Å². The molecule has 3 nitrogen and oxygen atoms in total. The second-order valence-corrected chi connectivity index (χ2v) is 5.81.